The third-order valence-corrected chi connectivity index (χ3v) is 4.34. The molecule has 4 rings (SSSR count). The summed E-state index contributed by atoms with van der Waals surface area (Å²) in [5, 5.41) is 1.79. The highest BCUT2D eigenvalue weighted by Gasteiger charge is 2.27. The van der Waals surface area contributed by atoms with Crippen molar-refractivity contribution in [3.63, 3.8) is 0 Å². The summed E-state index contributed by atoms with van der Waals surface area (Å²) in [5.74, 6) is 0.188. The molecular formula is C20H17FN4O2. The van der Waals surface area contributed by atoms with E-state index in [0.717, 1.165) is 12.1 Å². The molecule has 0 saturated carbocycles. The molecule has 1 unspecified atom stereocenters. The molecule has 0 saturated heterocycles. The van der Waals surface area contributed by atoms with E-state index in [0.29, 0.717) is 11.4 Å². The van der Waals surface area contributed by atoms with Crippen molar-refractivity contribution in [2.24, 2.45) is 0 Å². The van der Waals surface area contributed by atoms with Gasteiger partial charge in [0, 0.05) is 5.56 Å². The molecule has 0 radical (unpaired) electrons. The lowest BCUT2D eigenvalue weighted by atomic mass is 10.1. The number of anilines is 1. The van der Waals surface area contributed by atoms with Crippen LogP contribution in [0.4, 0.5) is 14.9 Å². The third-order valence-electron chi connectivity index (χ3n) is 4.34. The van der Waals surface area contributed by atoms with Gasteiger partial charge >= 0.3 is 6.09 Å². The minimum absolute atomic E-state index is 0.126. The Hall–Kier alpha value is -3.48. The molecule has 0 aliphatic carbocycles. The standard InChI is InChI=1S/C20H17FN4O2/c1-13-9-14-5-2-3-8-18(14)25(13)24-20(26)27-17-11-22-19(23-12-17)15-6-4-7-16(21)10-15/h2-8,10-13H,9H2,1H3,(H,24,26). The number of carbonyl (C=O) groups excluding carboxylic acids is 1. The SMILES string of the molecule is CC1Cc2ccccc2N1NC(=O)Oc1cnc(-c2cccc(F)c2)nc1. The van der Waals surface area contributed by atoms with Crippen molar-refractivity contribution < 1.29 is 13.9 Å². The topological polar surface area (TPSA) is 67.4 Å². The molecule has 2 heterocycles. The summed E-state index contributed by atoms with van der Waals surface area (Å²) in [6, 6.07) is 14.0. The quantitative estimate of drug-likeness (QED) is 0.767. The van der Waals surface area contributed by atoms with Crippen molar-refractivity contribution in [2.75, 3.05) is 5.01 Å². The Kier molecular flexibility index (Phi) is 4.42. The number of hydrogen-bond acceptors (Lipinski definition) is 5. The smallest absolute Gasteiger partial charge is 0.406 e. The van der Waals surface area contributed by atoms with Crippen LogP contribution in [0.25, 0.3) is 11.4 Å². The number of fused-ring (bicyclic) bond motifs is 1. The van der Waals surface area contributed by atoms with Crippen LogP contribution in [-0.4, -0.2) is 22.1 Å². The molecule has 2 aromatic carbocycles. The molecule has 0 spiro atoms. The van der Waals surface area contributed by atoms with Crippen molar-refractivity contribution in [3.05, 3.63) is 72.3 Å². The number of ether oxygens (including phenoxy) is 1. The predicted octanol–water partition coefficient (Wildman–Crippen LogP) is 3.74. The maximum Gasteiger partial charge on any atom is 0.431 e. The van der Waals surface area contributed by atoms with Crippen LogP contribution >= 0.6 is 0 Å². The Morgan fingerprint density at radius 3 is 2.74 bits per heavy atom. The van der Waals surface area contributed by atoms with E-state index in [2.05, 4.69) is 15.4 Å². The lowest BCUT2D eigenvalue weighted by Crippen LogP contribution is -2.46. The van der Waals surface area contributed by atoms with Crippen LogP contribution in [0.15, 0.2) is 60.9 Å². The fourth-order valence-electron chi connectivity index (χ4n) is 3.11. The number of halogens is 1. The Labute approximate surface area is 155 Å². The van der Waals surface area contributed by atoms with Crippen LogP contribution in [0.3, 0.4) is 0 Å². The summed E-state index contributed by atoms with van der Waals surface area (Å²) in [5.41, 5.74) is 5.44. The van der Waals surface area contributed by atoms with Crippen LogP contribution in [0, 0.1) is 5.82 Å². The van der Waals surface area contributed by atoms with E-state index >= 15 is 0 Å². The van der Waals surface area contributed by atoms with Gasteiger partial charge in [-0.05, 0) is 37.1 Å². The highest BCUT2D eigenvalue weighted by Crippen LogP contribution is 2.30. The monoisotopic (exact) mass is 364 g/mol. The molecule has 6 nitrogen and oxygen atoms in total. The predicted molar refractivity (Wildman–Crippen MR) is 98.7 cm³/mol. The van der Waals surface area contributed by atoms with Gasteiger partial charge < -0.3 is 4.74 Å². The third kappa shape index (κ3) is 3.57. The molecule has 7 heteroatoms. The fourth-order valence-corrected chi connectivity index (χ4v) is 3.11. The number of carbonyl (C=O) groups is 1. The van der Waals surface area contributed by atoms with E-state index in [1.54, 1.807) is 17.1 Å². The second-order valence-corrected chi connectivity index (χ2v) is 6.31. The molecule has 1 aliphatic heterocycles. The van der Waals surface area contributed by atoms with Gasteiger partial charge in [0.15, 0.2) is 11.6 Å². The van der Waals surface area contributed by atoms with E-state index in [-0.39, 0.29) is 17.6 Å². The van der Waals surface area contributed by atoms with Gasteiger partial charge in [-0.3, -0.25) is 5.01 Å². The number of para-hydroxylation sites is 1. The highest BCUT2D eigenvalue weighted by atomic mass is 19.1. The molecule has 0 bridgehead atoms. The summed E-state index contributed by atoms with van der Waals surface area (Å²) in [4.78, 5) is 20.5. The lowest BCUT2D eigenvalue weighted by Gasteiger charge is -2.24. The molecular weight excluding hydrogens is 347 g/mol. The second-order valence-electron chi connectivity index (χ2n) is 6.31. The van der Waals surface area contributed by atoms with E-state index in [1.165, 1.54) is 30.1 Å². The molecule has 136 valence electrons. The normalized spacial score (nSPS) is 15.3. The average molecular weight is 364 g/mol. The van der Waals surface area contributed by atoms with Gasteiger partial charge in [-0.15, -0.1) is 0 Å². The molecule has 1 aliphatic rings. The van der Waals surface area contributed by atoms with Crippen LogP contribution < -0.4 is 15.2 Å². The Morgan fingerprint density at radius 1 is 1.19 bits per heavy atom. The minimum Gasteiger partial charge on any atom is -0.406 e. The first-order chi connectivity index (χ1) is 13.1. The number of hydrazine groups is 1. The van der Waals surface area contributed by atoms with Crippen LogP contribution in [0.1, 0.15) is 12.5 Å². The van der Waals surface area contributed by atoms with Gasteiger partial charge in [-0.2, -0.15) is 0 Å². The lowest BCUT2D eigenvalue weighted by molar-refractivity contribution is 0.198. The first-order valence-electron chi connectivity index (χ1n) is 8.54. The molecule has 3 aromatic rings. The van der Waals surface area contributed by atoms with Crippen LogP contribution in [0.2, 0.25) is 0 Å². The second kappa shape index (κ2) is 7.03. The molecule has 0 fully saturated rings. The highest BCUT2D eigenvalue weighted by molar-refractivity contribution is 5.74. The fraction of sp³-hybridized carbons (Fsp3) is 0.150. The maximum atomic E-state index is 13.3. The Balaban J connectivity index is 1.43. The van der Waals surface area contributed by atoms with E-state index in [4.69, 9.17) is 4.74 Å². The number of hydrogen-bond donors (Lipinski definition) is 1. The summed E-state index contributed by atoms with van der Waals surface area (Å²) in [7, 11) is 0. The van der Waals surface area contributed by atoms with E-state index in [9.17, 15) is 9.18 Å². The molecule has 27 heavy (non-hydrogen) atoms. The van der Waals surface area contributed by atoms with Gasteiger partial charge in [-0.1, -0.05) is 30.3 Å². The Bertz CT molecular complexity index is 978. The number of rotatable bonds is 3. The zero-order valence-corrected chi connectivity index (χ0v) is 14.6. The molecule has 1 aromatic heterocycles. The van der Waals surface area contributed by atoms with E-state index < -0.39 is 6.09 Å². The van der Waals surface area contributed by atoms with E-state index in [1.807, 2.05) is 31.2 Å². The van der Waals surface area contributed by atoms with Crippen LogP contribution in [0.5, 0.6) is 5.75 Å². The van der Waals surface area contributed by atoms with Gasteiger partial charge in [0.1, 0.15) is 5.82 Å². The number of amides is 1. The van der Waals surface area contributed by atoms with Gasteiger partial charge in [0.2, 0.25) is 0 Å². The summed E-state index contributed by atoms with van der Waals surface area (Å²) in [6.45, 7) is 2.02. The van der Waals surface area contributed by atoms with Gasteiger partial charge in [-0.25, -0.2) is 24.6 Å². The first-order valence-corrected chi connectivity index (χ1v) is 8.54. The summed E-state index contributed by atoms with van der Waals surface area (Å²) >= 11 is 0. The van der Waals surface area contributed by atoms with Gasteiger partial charge in [0.05, 0.1) is 24.1 Å². The molecule has 1 N–H and O–H groups in total. The van der Waals surface area contributed by atoms with Crippen molar-refractivity contribution in [1.29, 1.82) is 0 Å². The maximum absolute atomic E-state index is 13.3. The summed E-state index contributed by atoms with van der Waals surface area (Å²) < 4.78 is 18.6. The number of nitrogens with zero attached hydrogens (tertiary/aromatic N) is 3. The zero-order valence-electron chi connectivity index (χ0n) is 14.6. The molecule has 1 amide bonds. The minimum atomic E-state index is -0.624. The number of aromatic nitrogens is 2. The summed E-state index contributed by atoms with van der Waals surface area (Å²) in [6.07, 6.45) is 2.99. The first kappa shape index (κ1) is 17.0. The van der Waals surface area contributed by atoms with Gasteiger partial charge in [0.25, 0.3) is 0 Å². The van der Waals surface area contributed by atoms with Crippen molar-refractivity contribution in [1.82, 2.24) is 15.4 Å². The Morgan fingerprint density at radius 2 is 1.96 bits per heavy atom. The average Bonchev–Trinajstić information content (AvgIpc) is 2.98. The van der Waals surface area contributed by atoms with Crippen molar-refractivity contribution in [2.45, 2.75) is 19.4 Å². The number of benzene rings is 2. The largest absolute Gasteiger partial charge is 0.431 e. The van der Waals surface area contributed by atoms with Crippen molar-refractivity contribution in [3.8, 4) is 17.1 Å². The zero-order chi connectivity index (χ0) is 18.8. The molecule has 1 atom stereocenters. The van der Waals surface area contributed by atoms with Crippen LogP contribution in [-0.2, 0) is 6.42 Å². The van der Waals surface area contributed by atoms with Crippen molar-refractivity contribution >= 4 is 11.8 Å². The number of nitrogens with one attached hydrogen (secondary N) is 1.